The zero-order chi connectivity index (χ0) is 45.7. The number of amides is 2. The highest BCUT2D eigenvalue weighted by Gasteiger charge is 2.20. The first kappa shape index (κ1) is 53.3. The van der Waals surface area contributed by atoms with Crippen molar-refractivity contribution in [2.75, 3.05) is 31.1 Å². The summed E-state index contributed by atoms with van der Waals surface area (Å²) in [6.45, 7) is 6.67. The Labute approximate surface area is 381 Å². The molecule has 0 fully saturated rings. The Morgan fingerprint density at radius 3 is 2.02 bits per heavy atom. The van der Waals surface area contributed by atoms with Crippen molar-refractivity contribution >= 4 is 42.2 Å². The number of carbonyl (C=O) groups is 3. The van der Waals surface area contributed by atoms with Crippen LogP contribution >= 0.6 is 12.4 Å². The number of nitrogens with one attached hydrogen (secondary N) is 3. The smallest absolute Gasteiger partial charge is 0.421 e. The Kier molecular flexibility index (Phi) is 25.2. The highest BCUT2D eigenvalue weighted by Crippen LogP contribution is 2.14. The number of aryl methyl sites for hydroxylation is 3. The summed E-state index contributed by atoms with van der Waals surface area (Å²) in [5.41, 5.74) is 23.9. The van der Waals surface area contributed by atoms with E-state index in [1.807, 2.05) is 75.5 Å². The zero-order valence-electron chi connectivity index (χ0n) is 37.1. The molecule has 5 aromatic rings. The number of azide groups is 1. The molecule has 0 aliphatic rings. The quantitative estimate of drug-likeness (QED) is 0.0166. The summed E-state index contributed by atoms with van der Waals surface area (Å²) < 4.78 is 8.11. The van der Waals surface area contributed by atoms with Crippen molar-refractivity contribution in [2.24, 2.45) is 5.11 Å². The van der Waals surface area contributed by atoms with Gasteiger partial charge < -0.3 is 31.8 Å². The van der Waals surface area contributed by atoms with E-state index in [4.69, 9.17) is 28.2 Å². The molecule has 344 valence electrons. The minimum Gasteiger partial charge on any atom is -0.443 e. The molecule has 0 bridgehead atoms. The molecule has 0 radical (unpaired) electrons. The third-order valence-corrected chi connectivity index (χ3v) is 8.98. The number of hydrogen-bond donors (Lipinski definition) is 5. The van der Waals surface area contributed by atoms with Crippen LogP contribution in [-0.2, 0) is 53.0 Å². The summed E-state index contributed by atoms with van der Waals surface area (Å²) in [6, 6.07) is 20.0. The lowest BCUT2D eigenvalue weighted by molar-refractivity contribution is -0.122. The minimum absolute atomic E-state index is 0. The first-order valence-electron chi connectivity index (χ1n) is 21.2. The number of nitrogen functional groups attached to an aromatic ring is 2. The van der Waals surface area contributed by atoms with E-state index in [0.717, 1.165) is 94.1 Å². The van der Waals surface area contributed by atoms with Crippen molar-refractivity contribution < 1.29 is 19.1 Å². The van der Waals surface area contributed by atoms with Gasteiger partial charge in [0.05, 0.1) is 17.6 Å². The van der Waals surface area contributed by atoms with Gasteiger partial charge in [0.25, 0.3) is 0 Å². The van der Waals surface area contributed by atoms with Crippen LogP contribution in [0.25, 0.3) is 10.4 Å². The molecule has 19 heteroatoms. The largest absolute Gasteiger partial charge is 0.443 e. The number of terminal acetylenes is 1. The molecule has 3 heterocycles. The van der Waals surface area contributed by atoms with Crippen LogP contribution in [0.1, 0.15) is 93.9 Å². The number of aromatic nitrogens is 7. The number of nitrogens with zero attached hydrogens (tertiary/aromatic N) is 9. The average molecular weight is 900 g/mol. The number of anilines is 2. The van der Waals surface area contributed by atoms with Crippen LogP contribution in [0.15, 0.2) is 84.4 Å². The molecule has 64 heavy (non-hydrogen) atoms. The summed E-state index contributed by atoms with van der Waals surface area (Å²) in [4.78, 5) is 48.7. The Morgan fingerprint density at radius 2 is 1.44 bits per heavy atom. The Morgan fingerprint density at radius 1 is 0.844 bits per heavy atom. The maximum Gasteiger partial charge on any atom is 0.421 e. The van der Waals surface area contributed by atoms with Gasteiger partial charge in [-0.3, -0.25) is 9.59 Å². The normalized spacial score (nSPS) is 10.3. The fraction of sp³-hybridized carbons (Fsp3) is 0.444. The Balaban J connectivity index is 0.000000345. The van der Waals surface area contributed by atoms with Gasteiger partial charge in [-0.1, -0.05) is 83.8 Å². The molecular formula is C45H63ClN14O4. The lowest BCUT2D eigenvalue weighted by atomic mass is 10.1. The minimum atomic E-state index is -0.552. The number of carbonyl (C=O) groups excluding carboxylic acids is 3. The molecule has 0 spiro atoms. The second-order valence-electron chi connectivity index (χ2n) is 15.5. The second-order valence-corrected chi connectivity index (χ2v) is 15.5. The molecule has 2 aromatic carbocycles. The molecule has 3 aromatic heterocycles. The molecule has 0 aliphatic heterocycles. The van der Waals surface area contributed by atoms with Crippen molar-refractivity contribution in [3.63, 3.8) is 0 Å². The van der Waals surface area contributed by atoms with Crippen LogP contribution in [0.5, 0.6) is 0 Å². The van der Waals surface area contributed by atoms with E-state index >= 15 is 0 Å². The van der Waals surface area contributed by atoms with Gasteiger partial charge in [-0.2, -0.15) is 0 Å². The predicted octanol–water partition coefficient (Wildman–Crippen LogP) is 6.96. The van der Waals surface area contributed by atoms with Gasteiger partial charge in [-0.25, -0.2) is 24.0 Å². The predicted molar refractivity (Wildman–Crippen MR) is 251 cm³/mol. The highest BCUT2D eigenvalue weighted by molar-refractivity contribution is 5.85. The number of imidazole rings is 2. The third-order valence-electron chi connectivity index (χ3n) is 8.98. The van der Waals surface area contributed by atoms with Crippen LogP contribution in [0.3, 0.4) is 0 Å². The molecule has 2 amide bonds. The molecule has 7 N–H and O–H groups in total. The van der Waals surface area contributed by atoms with E-state index < -0.39 is 11.7 Å². The zero-order valence-corrected chi connectivity index (χ0v) is 37.9. The van der Waals surface area contributed by atoms with E-state index in [2.05, 4.69) is 64.0 Å². The van der Waals surface area contributed by atoms with Gasteiger partial charge in [0.15, 0.2) is 5.95 Å². The van der Waals surface area contributed by atoms with Crippen molar-refractivity contribution in [3.8, 4) is 12.3 Å². The van der Waals surface area contributed by atoms with Crippen LogP contribution in [0.4, 0.5) is 16.7 Å². The van der Waals surface area contributed by atoms with Gasteiger partial charge in [0.1, 0.15) is 18.7 Å². The molecule has 0 aliphatic carbocycles. The maximum atomic E-state index is 12.0. The number of aromatic amines is 1. The molecule has 0 saturated carbocycles. The van der Waals surface area contributed by atoms with Gasteiger partial charge in [-0.05, 0) is 95.2 Å². The molecule has 0 saturated heterocycles. The number of benzene rings is 2. The molecule has 5 rings (SSSR count). The van der Waals surface area contributed by atoms with Crippen LogP contribution < -0.4 is 22.1 Å². The van der Waals surface area contributed by atoms with Crippen LogP contribution in [0.2, 0.25) is 0 Å². The topological polar surface area (TPSA) is 263 Å². The highest BCUT2D eigenvalue weighted by atomic mass is 35.5. The number of halogens is 1. The lowest BCUT2D eigenvalue weighted by Crippen LogP contribution is -2.29. The van der Waals surface area contributed by atoms with Crippen molar-refractivity contribution in [2.45, 2.75) is 110 Å². The summed E-state index contributed by atoms with van der Waals surface area (Å²) in [5, 5.41) is 17.0. The van der Waals surface area contributed by atoms with Gasteiger partial charge >= 0.3 is 6.09 Å². The van der Waals surface area contributed by atoms with Crippen molar-refractivity contribution in [3.05, 3.63) is 118 Å². The number of hydrogen-bond acceptors (Lipinski definition) is 11. The SMILES string of the molecule is C#CCCCCCc1cn(C(=O)OC(C)(C)C)c(N)n1.Cl.Nc1ncc(CCCCCc2cn(CC(=O)NCCc3ccccc3)nn2)[nH]1.[N-]=[N+]=NCC(=O)NCCc1ccccc1. The van der Waals surface area contributed by atoms with Gasteiger partial charge in [0, 0.05) is 42.5 Å². The number of ether oxygens (including phenoxy) is 1. The third kappa shape index (κ3) is 23.4. The number of unbranched alkanes of at least 4 members (excludes halogenated alkanes) is 5. The van der Waals surface area contributed by atoms with Crippen molar-refractivity contribution in [1.82, 2.24) is 45.1 Å². The Bertz CT molecular complexity index is 2190. The summed E-state index contributed by atoms with van der Waals surface area (Å²) >= 11 is 0. The monoisotopic (exact) mass is 898 g/mol. The summed E-state index contributed by atoms with van der Waals surface area (Å²) in [5.74, 6) is 2.95. The van der Waals surface area contributed by atoms with E-state index in [9.17, 15) is 14.4 Å². The molecular weight excluding hydrogens is 836 g/mol. The fourth-order valence-electron chi connectivity index (χ4n) is 5.90. The number of nitrogens with two attached hydrogens (primary N) is 2. The first-order chi connectivity index (χ1) is 30.3. The molecule has 18 nitrogen and oxygen atoms in total. The summed E-state index contributed by atoms with van der Waals surface area (Å²) in [6.07, 6.45) is 21.2. The standard InChI is InChI=1S/C20H27N7O.C15H23N3O2.C10H12N4O.ClH/c21-20-23-13-17(24-20)9-5-2-6-10-18-14-27(26-25-18)15-19(28)22-12-11-16-7-3-1-4-8-16;1-5-6-7-8-9-10-12-11-18(13(16)17-12)14(19)20-15(2,3)4;11-14-13-8-10(15)12-7-6-9-4-2-1-3-5-9;/h1,3-4,7-8,13-14H,2,5-6,9-12,15H2,(H,22,28)(H3,21,23,24);1,11H,6-10H2,2-4H3,(H2,16,17);1-5H,6-8H2,(H,12,15);1H. The second kappa shape index (κ2) is 30.3. The molecule has 0 atom stereocenters. The van der Waals surface area contributed by atoms with E-state index in [1.54, 1.807) is 17.1 Å². The van der Waals surface area contributed by atoms with E-state index in [0.29, 0.717) is 19.0 Å². The number of rotatable bonds is 21. The van der Waals surface area contributed by atoms with Gasteiger partial charge in [0.2, 0.25) is 17.8 Å². The molecule has 0 unspecified atom stereocenters. The fourth-order valence-corrected chi connectivity index (χ4v) is 5.90. The average Bonchev–Trinajstić information content (AvgIpc) is 4.00. The van der Waals surface area contributed by atoms with E-state index in [1.165, 1.54) is 15.7 Å². The Hall–Kier alpha value is -6.83. The van der Waals surface area contributed by atoms with Gasteiger partial charge in [-0.15, -0.1) is 29.8 Å². The lowest BCUT2D eigenvalue weighted by Gasteiger charge is -2.19. The van der Waals surface area contributed by atoms with Crippen LogP contribution in [-0.4, -0.2) is 77.7 Å². The number of H-pyrrole nitrogens is 1. The maximum absolute atomic E-state index is 12.0. The first-order valence-corrected chi connectivity index (χ1v) is 21.2. The van der Waals surface area contributed by atoms with E-state index in [-0.39, 0.29) is 43.3 Å². The van der Waals surface area contributed by atoms with Crippen LogP contribution in [0, 0.1) is 12.3 Å². The summed E-state index contributed by atoms with van der Waals surface area (Å²) in [7, 11) is 0. The van der Waals surface area contributed by atoms with Crippen molar-refractivity contribution in [1.29, 1.82) is 0 Å².